The Hall–Kier alpha value is -2.21. The summed E-state index contributed by atoms with van der Waals surface area (Å²) in [6.45, 7) is 9.89. The summed E-state index contributed by atoms with van der Waals surface area (Å²) in [5.74, 6) is -0.543. The molecule has 1 aliphatic rings. The van der Waals surface area contributed by atoms with Crippen molar-refractivity contribution in [2.24, 2.45) is 23.2 Å². The van der Waals surface area contributed by atoms with Gasteiger partial charge in [-0.25, -0.2) is 5.06 Å². The fraction of sp³-hybridized carbons (Fsp3) is 0.679. The third-order valence-corrected chi connectivity index (χ3v) is 7.39. The van der Waals surface area contributed by atoms with Crippen LogP contribution >= 0.6 is 0 Å². The van der Waals surface area contributed by atoms with Gasteiger partial charge in [0.1, 0.15) is 5.78 Å². The molecule has 34 heavy (non-hydrogen) atoms. The van der Waals surface area contributed by atoms with Crippen LogP contribution in [0.1, 0.15) is 85.1 Å². The molecule has 2 amide bonds. The monoisotopic (exact) mass is 472 g/mol. The first kappa shape index (κ1) is 28.0. The summed E-state index contributed by atoms with van der Waals surface area (Å²) in [6.07, 6.45) is 6.84. The maximum Gasteiger partial charge on any atom is 0.233 e. The van der Waals surface area contributed by atoms with E-state index in [2.05, 4.69) is 24.4 Å². The fourth-order valence-electron chi connectivity index (χ4n) is 5.13. The molecule has 6 nitrogen and oxygen atoms in total. The molecule has 2 N–H and O–H groups in total. The summed E-state index contributed by atoms with van der Waals surface area (Å²) >= 11 is 0. The van der Waals surface area contributed by atoms with E-state index < -0.39 is 17.9 Å². The average molecular weight is 473 g/mol. The predicted molar refractivity (Wildman–Crippen MR) is 134 cm³/mol. The van der Waals surface area contributed by atoms with Crippen molar-refractivity contribution in [2.75, 3.05) is 0 Å². The second-order valence-corrected chi connectivity index (χ2v) is 11.3. The highest BCUT2D eigenvalue weighted by atomic mass is 16.5. The van der Waals surface area contributed by atoms with Gasteiger partial charge in [0.15, 0.2) is 0 Å². The number of benzene rings is 1. The lowest BCUT2D eigenvalue weighted by Crippen LogP contribution is -2.46. The number of carbonyl (C=O) groups excluding carboxylic acids is 3. The van der Waals surface area contributed by atoms with Gasteiger partial charge in [0.2, 0.25) is 12.3 Å². The van der Waals surface area contributed by atoms with Gasteiger partial charge in [0, 0.05) is 24.3 Å². The molecule has 5 atom stereocenters. The number of nitrogens with zero attached hydrogens (tertiary/aromatic N) is 1. The lowest BCUT2D eigenvalue weighted by Gasteiger charge is -2.35. The van der Waals surface area contributed by atoms with Crippen LogP contribution in [-0.4, -0.2) is 40.5 Å². The third kappa shape index (κ3) is 8.53. The van der Waals surface area contributed by atoms with E-state index in [-0.39, 0.29) is 29.6 Å². The molecule has 0 heterocycles. The zero-order valence-electron chi connectivity index (χ0n) is 21.6. The van der Waals surface area contributed by atoms with E-state index in [0.717, 1.165) is 32.1 Å². The molecule has 1 aromatic carbocycles. The van der Waals surface area contributed by atoms with Crippen LogP contribution in [0.5, 0.6) is 0 Å². The zero-order valence-corrected chi connectivity index (χ0v) is 21.6. The molecule has 2 unspecified atom stereocenters. The van der Waals surface area contributed by atoms with E-state index in [4.69, 9.17) is 0 Å². The van der Waals surface area contributed by atoms with E-state index >= 15 is 0 Å². The fourth-order valence-corrected chi connectivity index (χ4v) is 5.13. The normalized spacial score (nSPS) is 21.2. The van der Waals surface area contributed by atoms with Crippen molar-refractivity contribution in [3.63, 3.8) is 0 Å². The van der Waals surface area contributed by atoms with Gasteiger partial charge in [-0.15, -0.1) is 0 Å². The number of aryl methyl sites for hydroxylation is 1. The van der Waals surface area contributed by atoms with Crippen molar-refractivity contribution in [3.8, 4) is 0 Å². The third-order valence-electron chi connectivity index (χ3n) is 7.39. The summed E-state index contributed by atoms with van der Waals surface area (Å²) in [5.41, 5.74) is 0.799. The highest BCUT2D eigenvalue weighted by molar-refractivity contribution is 5.89. The average Bonchev–Trinajstić information content (AvgIpc) is 2.79. The van der Waals surface area contributed by atoms with Crippen LogP contribution in [-0.2, 0) is 20.8 Å². The summed E-state index contributed by atoms with van der Waals surface area (Å²) in [4.78, 5) is 38.0. The van der Waals surface area contributed by atoms with Gasteiger partial charge >= 0.3 is 0 Å². The second kappa shape index (κ2) is 13.0. The Morgan fingerprint density at radius 1 is 1.21 bits per heavy atom. The van der Waals surface area contributed by atoms with Crippen molar-refractivity contribution in [1.82, 2.24) is 10.4 Å². The number of amides is 2. The molecule has 0 saturated heterocycles. The van der Waals surface area contributed by atoms with Crippen LogP contribution in [0, 0.1) is 23.2 Å². The van der Waals surface area contributed by atoms with E-state index in [0.29, 0.717) is 23.8 Å². The van der Waals surface area contributed by atoms with Crippen molar-refractivity contribution < 1.29 is 19.6 Å². The summed E-state index contributed by atoms with van der Waals surface area (Å²) in [5, 5.41) is 13.8. The van der Waals surface area contributed by atoms with Crippen LogP contribution in [0.2, 0.25) is 0 Å². The Bertz CT molecular complexity index is 789. The zero-order chi connectivity index (χ0) is 25.3. The molecule has 190 valence electrons. The number of hydrogen-bond donors (Lipinski definition) is 2. The molecular weight excluding hydrogens is 428 g/mol. The second-order valence-electron chi connectivity index (χ2n) is 11.3. The van der Waals surface area contributed by atoms with Crippen LogP contribution in [0.4, 0.5) is 0 Å². The standard InChI is InChI=1S/C28H44N2O4/c1-20-11-9-15-23(17-20)29-27(33)25(28(3,4)5)18-26(32)24(21(2)30(34)19-31)16-10-14-22-12-7-6-8-13-22/h6-8,12-13,19-21,23-25,34H,9-11,14-18H2,1-5H3,(H,29,33)/t20?,21-,23?,24+,25+/m0/s1. The minimum atomic E-state index is -0.649. The first-order chi connectivity index (χ1) is 16.0. The molecule has 1 aliphatic carbocycles. The number of ketones is 1. The van der Waals surface area contributed by atoms with E-state index in [9.17, 15) is 19.6 Å². The summed E-state index contributed by atoms with van der Waals surface area (Å²) < 4.78 is 0. The minimum Gasteiger partial charge on any atom is -0.353 e. The van der Waals surface area contributed by atoms with Crippen molar-refractivity contribution in [2.45, 2.75) is 98.1 Å². The topological polar surface area (TPSA) is 86.7 Å². The molecule has 0 bridgehead atoms. The Balaban J connectivity index is 2.10. The Morgan fingerprint density at radius 2 is 1.88 bits per heavy atom. The quantitative estimate of drug-likeness (QED) is 0.249. The first-order valence-corrected chi connectivity index (χ1v) is 12.8. The molecule has 2 rings (SSSR count). The number of rotatable bonds is 12. The number of hydroxylamine groups is 2. The molecule has 0 aromatic heterocycles. The maximum atomic E-state index is 13.5. The van der Waals surface area contributed by atoms with Crippen LogP contribution in [0.25, 0.3) is 0 Å². The number of Topliss-reactive ketones (excluding diaryl/α,β-unsaturated/α-hetero) is 1. The molecule has 6 heteroatoms. The summed E-state index contributed by atoms with van der Waals surface area (Å²) in [7, 11) is 0. The Kier molecular flexibility index (Phi) is 10.7. The molecule has 1 aromatic rings. The summed E-state index contributed by atoms with van der Waals surface area (Å²) in [6, 6.07) is 9.57. The number of hydrogen-bond acceptors (Lipinski definition) is 4. The highest BCUT2D eigenvalue weighted by Gasteiger charge is 2.38. The van der Waals surface area contributed by atoms with E-state index in [1.165, 1.54) is 12.0 Å². The number of nitrogens with one attached hydrogen (secondary N) is 1. The molecule has 1 fully saturated rings. The maximum absolute atomic E-state index is 13.5. The van der Waals surface area contributed by atoms with Gasteiger partial charge in [-0.05, 0) is 55.9 Å². The van der Waals surface area contributed by atoms with Crippen LogP contribution < -0.4 is 5.32 Å². The lowest BCUT2D eigenvalue weighted by molar-refractivity contribution is -0.166. The molecule has 0 spiro atoms. The SMILES string of the molecule is CC1CCCC(NC(=O)[C@@H](CC(=O)[C@H](CCCc2ccccc2)[C@H](C)N(O)C=O)C(C)(C)C)C1. The van der Waals surface area contributed by atoms with Crippen LogP contribution in [0.3, 0.4) is 0 Å². The number of carbonyl (C=O) groups is 3. The molecular formula is C28H44N2O4. The highest BCUT2D eigenvalue weighted by Crippen LogP contribution is 2.33. The van der Waals surface area contributed by atoms with Gasteiger partial charge in [-0.2, -0.15) is 0 Å². The van der Waals surface area contributed by atoms with Crippen LogP contribution in [0.15, 0.2) is 30.3 Å². The van der Waals surface area contributed by atoms with Gasteiger partial charge in [0.25, 0.3) is 0 Å². The first-order valence-electron chi connectivity index (χ1n) is 12.8. The Morgan fingerprint density at radius 3 is 2.47 bits per heavy atom. The van der Waals surface area contributed by atoms with Gasteiger partial charge in [-0.1, -0.05) is 70.9 Å². The largest absolute Gasteiger partial charge is 0.353 e. The van der Waals surface area contributed by atoms with Gasteiger partial charge < -0.3 is 5.32 Å². The molecule has 0 radical (unpaired) electrons. The lowest BCUT2D eigenvalue weighted by atomic mass is 9.74. The van der Waals surface area contributed by atoms with Gasteiger partial charge in [-0.3, -0.25) is 19.6 Å². The van der Waals surface area contributed by atoms with Crippen molar-refractivity contribution in [1.29, 1.82) is 0 Å². The molecule has 0 aliphatic heterocycles. The van der Waals surface area contributed by atoms with E-state index in [1.54, 1.807) is 6.92 Å². The predicted octanol–water partition coefficient (Wildman–Crippen LogP) is 5.18. The van der Waals surface area contributed by atoms with E-state index in [1.807, 2.05) is 39.0 Å². The molecule has 1 saturated carbocycles. The van der Waals surface area contributed by atoms with Crippen molar-refractivity contribution >= 4 is 18.1 Å². The van der Waals surface area contributed by atoms with Gasteiger partial charge in [0.05, 0.1) is 6.04 Å². The minimum absolute atomic E-state index is 0.0631. The Labute approximate surface area is 205 Å². The smallest absolute Gasteiger partial charge is 0.233 e. The van der Waals surface area contributed by atoms with Crippen molar-refractivity contribution in [3.05, 3.63) is 35.9 Å².